The van der Waals surface area contributed by atoms with Crippen LogP contribution in [0.5, 0.6) is 0 Å². The van der Waals surface area contributed by atoms with Gasteiger partial charge < -0.3 is 20.2 Å². The molecular formula is C23H24N4O2S. The minimum Gasteiger partial charge on any atom is -0.457 e. The fourth-order valence-electron chi connectivity index (χ4n) is 3.19. The highest BCUT2D eigenvalue weighted by Crippen LogP contribution is 2.31. The molecule has 2 aromatic carbocycles. The number of aromatic nitrogens is 1. The molecule has 0 fully saturated rings. The molecule has 154 valence electrons. The van der Waals surface area contributed by atoms with Gasteiger partial charge in [0.2, 0.25) is 0 Å². The average Bonchev–Trinajstić information content (AvgIpc) is 3.44. The van der Waals surface area contributed by atoms with E-state index in [1.807, 2.05) is 60.7 Å². The van der Waals surface area contributed by atoms with Crippen molar-refractivity contribution in [2.24, 2.45) is 4.99 Å². The van der Waals surface area contributed by atoms with Crippen LogP contribution in [0.2, 0.25) is 0 Å². The number of para-hydroxylation sites is 1. The van der Waals surface area contributed by atoms with Crippen LogP contribution in [0, 0.1) is 0 Å². The fourth-order valence-corrected chi connectivity index (χ4v) is 4.12. The summed E-state index contributed by atoms with van der Waals surface area (Å²) >= 11 is 1.62. The van der Waals surface area contributed by atoms with Gasteiger partial charge >= 0.3 is 0 Å². The van der Waals surface area contributed by atoms with Crippen LogP contribution in [-0.4, -0.2) is 36.2 Å². The number of hydrogen-bond acceptors (Lipinski definition) is 5. The second kappa shape index (κ2) is 9.56. The van der Waals surface area contributed by atoms with Crippen molar-refractivity contribution in [1.82, 2.24) is 15.6 Å². The quantitative estimate of drug-likeness (QED) is 0.311. The first-order valence-electron chi connectivity index (χ1n) is 9.82. The standard InChI is InChI=1S/C23H24N4O2S/c1-24-23(25-13-17(15-28)16-7-3-2-4-8-16)26-14-18-11-12-20(29-18)22-27-19-9-5-6-10-21(19)30-22/h2-12,17,28H,13-15H2,1H3,(H2,24,25,26). The summed E-state index contributed by atoms with van der Waals surface area (Å²) in [4.78, 5) is 8.90. The number of nitrogens with zero attached hydrogens (tertiary/aromatic N) is 2. The van der Waals surface area contributed by atoms with Gasteiger partial charge in [-0.1, -0.05) is 42.5 Å². The molecule has 0 bridgehead atoms. The van der Waals surface area contributed by atoms with Gasteiger partial charge in [0.15, 0.2) is 16.7 Å². The monoisotopic (exact) mass is 420 g/mol. The van der Waals surface area contributed by atoms with E-state index in [4.69, 9.17) is 4.42 Å². The zero-order valence-electron chi connectivity index (χ0n) is 16.7. The van der Waals surface area contributed by atoms with E-state index < -0.39 is 0 Å². The van der Waals surface area contributed by atoms with Crippen molar-refractivity contribution in [3.63, 3.8) is 0 Å². The van der Waals surface area contributed by atoms with Gasteiger partial charge in [-0.3, -0.25) is 4.99 Å². The van der Waals surface area contributed by atoms with Crippen molar-refractivity contribution in [1.29, 1.82) is 0 Å². The maximum atomic E-state index is 9.72. The van der Waals surface area contributed by atoms with Crippen LogP contribution in [0.4, 0.5) is 0 Å². The highest BCUT2D eigenvalue weighted by atomic mass is 32.1. The van der Waals surface area contributed by atoms with Gasteiger partial charge in [0.25, 0.3) is 0 Å². The summed E-state index contributed by atoms with van der Waals surface area (Å²) in [6.07, 6.45) is 0. The average molecular weight is 421 g/mol. The molecule has 0 aliphatic heterocycles. The van der Waals surface area contributed by atoms with E-state index in [0.29, 0.717) is 19.0 Å². The molecule has 0 radical (unpaired) electrons. The number of rotatable bonds is 7. The normalized spacial score (nSPS) is 12.8. The predicted molar refractivity (Wildman–Crippen MR) is 122 cm³/mol. The first-order valence-corrected chi connectivity index (χ1v) is 10.6. The first kappa shape index (κ1) is 20.1. The van der Waals surface area contributed by atoms with Gasteiger partial charge in [-0.05, 0) is 29.8 Å². The summed E-state index contributed by atoms with van der Waals surface area (Å²) in [6, 6.07) is 21.9. The van der Waals surface area contributed by atoms with Crippen molar-refractivity contribution in [3.05, 3.63) is 78.1 Å². The largest absolute Gasteiger partial charge is 0.457 e. The zero-order chi connectivity index (χ0) is 20.8. The number of guanidine groups is 1. The topological polar surface area (TPSA) is 82.7 Å². The molecule has 30 heavy (non-hydrogen) atoms. The summed E-state index contributed by atoms with van der Waals surface area (Å²) < 4.78 is 7.12. The molecule has 6 nitrogen and oxygen atoms in total. The summed E-state index contributed by atoms with van der Waals surface area (Å²) in [5.41, 5.74) is 2.07. The molecule has 2 heterocycles. The van der Waals surface area contributed by atoms with Crippen LogP contribution >= 0.6 is 11.3 Å². The lowest BCUT2D eigenvalue weighted by atomic mass is 10.0. The molecule has 4 rings (SSSR count). The van der Waals surface area contributed by atoms with Gasteiger partial charge in [0, 0.05) is 19.5 Å². The second-order valence-electron chi connectivity index (χ2n) is 6.85. The number of thiazole rings is 1. The van der Waals surface area contributed by atoms with E-state index in [9.17, 15) is 5.11 Å². The third-order valence-corrected chi connectivity index (χ3v) is 5.88. The zero-order valence-corrected chi connectivity index (χ0v) is 17.5. The van der Waals surface area contributed by atoms with Crippen molar-refractivity contribution in [2.75, 3.05) is 20.2 Å². The first-order chi connectivity index (χ1) is 14.8. The number of benzene rings is 2. The van der Waals surface area contributed by atoms with E-state index in [0.717, 1.165) is 32.3 Å². The lowest BCUT2D eigenvalue weighted by molar-refractivity contribution is 0.265. The number of furan rings is 1. The maximum Gasteiger partial charge on any atom is 0.191 e. The molecule has 3 N–H and O–H groups in total. The van der Waals surface area contributed by atoms with Crippen LogP contribution in [0.1, 0.15) is 17.2 Å². The van der Waals surface area contributed by atoms with Gasteiger partial charge in [-0.15, -0.1) is 11.3 Å². The number of hydrogen-bond donors (Lipinski definition) is 3. The SMILES string of the molecule is CN=C(NCc1ccc(-c2nc3ccccc3s2)o1)NCC(CO)c1ccccc1. The highest BCUT2D eigenvalue weighted by Gasteiger charge is 2.13. The Labute approximate surface area is 179 Å². The number of aliphatic hydroxyl groups excluding tert-OH is 1. The smallest absolute Gasteiger partial charge is 0.191 e. The third-order valence-electron chi connectivity index (χ3n) is 4.83. The van der Waals surface area contributed by atoms with Crippen LogP contribution in [0.3, 0.4) is 0 Å². The van der Waals surface area contributed by atoms with Crippen LogP contribution < -0.4 is 10.6 Å². The van der Waals surface area contributed by atoms with Crippen molar-refractivity contribution >= 4 is 27.5 Å². The number of fused-ring (bicyclic) bond motifs is 1. The second-order valence-corrected chi connectivity index (χ2v) is 7.88. The van der Waals surface area contributed by atoms with Crippen molar-refractivity contribution in [3.8, 4) is 10.8 Å². The fraction of sp³-hybridized carbons (Fsp3) is 0.217. The summed E-state index contributed by atoms with van der Waals surface area (Å²) in [6.45, 7) is 1.15. The lowest BCUT2D eigenvalue weighted by Gasteiger charge is -2.17. The molecule has 2 aromatic heterocycles. The van der Waals surface area contributed by atoms with Crippen molar-refractivity contribution in [2.45, 2.75) is 12.5 Å². The number of aliphatic imine (C=N–C) groups is 1. The molecule has 0 amide bonds. The number of aliphatic hydroxyl groups is 1. The van der Waals surface area contributed by atoms with Gasteiger partial charge in [0.05, 0.1) is 23.4 Å². The minimum absolute atomic E-state index is 0.000925. The molecular weight excluding hydrogens is 396 g/mol. The minimum atomic E-state index is -0.000925. The molecule has 0 aliphatic carbocycles. The number of nitrogens with one attached hydrogen (secondary N) is 2. The molecule has 0 saturated heterocycles. The van der Waals surface area contributed by atoms with E-state index in [1.54, 1.807) is 18.4 Å². The van der Waals surface area contributed by atoms with E-state index in [-0.39, 0.29) is 12.5 Å². The Kier molecular flexibility index (Phi) is 6.41. The van der Waals surface area contributed by atoms with Crippen molar-refractivity contribution < 1.29 is 9.52 Å². The van der Waals surface area contributed by atoms with Crippen LogP contribution in [0.25, 0.3) is 21.0 Å². The Balaban J connectivity index is 1.34. The molecule has 0 aliphatic rings. The molecule has 7 heteroatoms. The van der Waals surface area contributed by atoms with E-state index in [2.05, 4.69) is 26.7 Å². The Morgan fingerprint density at radius 3 is 2.63 bits per heavy atom. The van der Waals surface area contributed by atoms with Gasteiger partial charge in [0.1, 0.15) is 5.76 Å². The summed E-state index contributed by atoms with van der Waals surface area (Å²) in [5, 5.41) is 17.1. The Morgan fingerprint density at radius 2 is 1.87 bits per heavy atom. The maximum absolute atomic E-state index is 9.72. The van der Waals surface area contributed by atoms with Gasteiger partial charge in [-0.2, -0.15) is 0 Å². The van der Waals surface area contributed by atoms with E-state index >= 15 is 0 Å². The molecule has 1 atom stereocenters. The molecule has 1 unspecified atom stereocenters. The van der Waals surface area contributed by atoms with E-state index in [1.165, 1.54) is 0 Å². The molecule has 4 aromatic rings. The third kappa shape index (κ3) is 4.69. The summed E-state index contributed by atoms with van der Waals surface area (Å²) in [7, 11) is 1.72. The Morgan fingerprint density at radius 1 is 1.07 bits per heavy atom. The molecule has 0 spiro atoms. The molecule has 0 saturated carbocycles. The summed E-state index contributed by atoms with van der Waals surface area (Å²) in [5.74, 6) is 2.22. The lowest BCUT2D eigenvalue weighted by Crippen LogP contribution is -2.39. The Hall–Kier alpha value is -3.16. The van der Waals surface area contributed by atoms with Crippen LogP contribution in [-0.2, 0) is 6.54 Å². The predicted octanol–water partition coefficient (Wildman–Crippen LogP) is 4.00. The highest BCUT2D eigenvalue weighted by molar-refractivity contribution is 7.21. The Bertz CT molecular complexity index is 1090. The van der Waals surface area contributed by atoms with Crippen LogP contribution in [0.15, 0.2) is 76.1 Å². The van der Waals surface area contributed by atoms with Gasteiger partial charge in [-0.25, -0.2) is 4.98 Å².